The number of piperazine rings is 1. The summed E-state index contributed by atoms with van der Waals surface area (Å²) in [6.07, 6.45) is 5.19. The van der Waals surface area contributed by atoms with E-state index in [9.17, 15) is 9.18 Å². The lowest BCUT2D eigenvalue weighted by Crippen LogP contribution is -2.54. The molecule has 0 bridgehead atoms. The number of halogens is 1. The van der Waals surface area contributed by atoms with Crippen LogP contribution in [0.15, 0.2) is 46.7 Å². The summed E-state index contributed by atoms with van der Waals surface area (Å²) in [6, 6.07) is 4.99. The Hall–Kier alpha value is -2.60. The van der Waals surface area contributed by atoms with E-state index >= 15 is 0 Å². The Morgan fingerprint density at radius 2 is 2.00 bits per heavy atom. The fraction of sp³-hybridized carbons (Fsp3) is 0.391. The second-order valence-electron chi connectivity index (χ2n) is 9.24. The number of thiazole rings is 1. The van der Waals surface area contributed by atoms with Gasteiger partial charge in [0.1, 0.15) is 10.8 Å². The van der Waals surface area contributed by atoms with Gasteiger partial charge in [0, 0.05) is 50.2 Å². The van der Waals surface area contributed by atoms with Crippen molar-refractivity contribution in [2.45, 2.75) is 36.2 Å². The van der Waals surface area contributed by atoms with Crippen molar-refractivity contribution in [2.24, 2.45) is 0 Å². The van der Waals surface area contributed by atoms with Crippen molar-refractivity contribution in [1.29, 1.82) is 0 Å². The number of hydrogen-bond acceptors (Lipinski definition) is 8. The predicted octanol–water partition coefficient (Wildman–Crippen LogP) is 3.98. The number of amides is 1. The number of nitrogens with zero attached hydrogens (tertiary/aromatic N) is 6. The highest BCUT2D eigenvalue weighted by molar-refractivity contribution is 7.99. The predicted molar refractivity (Wildman–Crippen MR) is 133 cm³/mol. The normalized spacial score (nSPS) is 15.9. The van der Waals surface area contributed by atoms with Gasteiger partial charge in [0.05, 0.1) is 27.9 Å². The summed E-state index contributed by atoms with van der Waals surface area (Å²) in [5.74, 6) is 0.0990. The third kappa shape index (κ3) is 4.92. The third-order valence-electron chi connectivity index (χ3n) is 5.85. The molecule has 8 nitrogen and oxygen atoms in total. The lowest BCUT2D eigenvalue weighted by molar-refractivity contribution is -0.117. The van der Waals surface area contributed by atoms with E-state index in [4.69, 9.17) is 0 Å². The highest BCUT2D eigenvalue weighted by Crippen LogP contribution is 2.35. The molecule has 1 fully saturated rings. The van der Waals surface area contributed by atoms with Crippen molar-refractivity contribution >= 4 is 50.1 Å². The van der Waals surface area contributed by atoms with Crippen LogP contribution in [0.4, 0.5) is 9.52 Å². The minimum atomic E-state index is -0.365. The fourth-order valence-corrected chi connectivity index (χ4v) is 5.88. The van der Waals surface area contributed by atoms with Gasteiger partial charge in [-0.15, -0.1) is 0 Å². The van der Waals surface area contributed by atoms with Gasteiger partial charge in [-0.05, 0) is 32.9 Å². The average molecular weight is 500 g/mol. The molecule has 0 aliphatic carbocycles. The van der Waals surface area contributed by atoms with Crippen LogP contribution in [-0.4, -0.2) is 73.3 Å². The molecule has 0 saturated carbocycles. The van der Waals surface area contributed by atoms with E-state index in [-0.39, 0.29) is 17.3 Å². The Labute approximate surface area is 205 Å². The van der Waals surface area contributed by atoms with Gasteiger partial charge < -0.3 is 5.32 Å². The number of aromatic nitrogens is 4. The summed E-state index contributed by atoms with van der Waals surface area (Å²) >= 11 is 2.63. The molecule has 0 unspecified atom stereocenters. The van der Waals surface area contributed by atoms with Crippen molar-refractivity contribution < 1.29 is 9.18 Å². The van der Waals surface area contributed by atoms with Crippen molar-refractivity contribution in [3.05, 3.63) is 42.6 Å². The smallest absolute Gasteiger partial charge is 0.240 e. The van der Waals surface area contributed by atoms with Gasteiger partial charge in [0.15, 0.2) is 5.13 Å². The average Bonchev–Trinajstić information content (AvgIpc) is 3.37. The van der Waals surface area contributed by atoms with Gasteiger partial charge in [-0.2, -0.15) is 0 Å². The molecule has 1 aliphatic rings. The SMILES string of the molecule is CC(C)(C)N1CCN(CC(=O)Nc2nc3cc(F)c(Sc4cnc5ncccn45)cc3s2)CC1. The number of benzene rings is 1. The maximum absolute atomic E-state index is 14.8. The molecule has 0 radical (unpaired) electrons. The van der Waals surface area contributed by atoms with Crippen molar-refractivity contribution in [2.75, 3.05) is 38.0 Å². The number of imidazole rings is 1. The van der Waals surface area contributed by atoms with Gasteiger partial charge in [-0.3, -0.25) is 19.0 Å². The molecule has 178 valence electrons. The van der Waals surface area contributed by atoms with Gasteiger partial charge in [-0.25, -0.2) is 19.3 Å². The molecule has 0 atom stereocenters. The summed E-state index contributed by atoms with van der Waals surface area (Å²) in [4.78, 5) is 30.5. The fourth-order valence-electron chi connectivity index (χ4n) is 3.99. The summed E-state index contributed by atoms with van der Waals surface area (Å²) in [6.45, 7) is 10.6. The Morgan fingerprint density at radius 3 is 2.76 bits per heavy atom. The van der Waals surface area contributed by atoms with E-state index in [1.165, 1.54) is 29.2 Å². The standard InChI is InChI=1S/C23H26FN7OS2/c1-23(2,3)30-9-7-29(8-10-30)14-19(32)28-22-27-16-11-15(24)17(12-18(16)34-22)33-20-13-26-21-25-5-4-6-31(20)21/h4-6,11-13H,7-10,14H2,1-3H3,(H,27,28,32). The number of rotatable bonds is 5. The van der Waals surface area contributed by atoms with Gasteiger partial charge in [-0.1, -0.05) is 23.1 Å². The highest BCUT2D eigenvalue weighted by atomic mass is 32.2. The quantitative estimate of drug-likeness (QED) is 0.445. The first kappa shape index (κ1) is 23.2. The number of fused-ring (bicyclic) bond motifs is 2. The molecule has 3 aromatic heterocycles. The van der Waals surface area contributed by atoms with Gasteiger partial charge >= 0.3 is 0 Å². The highest BCUT2D eigenvalue weighted by Gasteiger charge is 2.26. The van der Waals surface area contributed by atoms with Crippen molar-refractivity contribution in [3.8, 4) is 0 Å². The summed E-state index contributed by atoms with van der Waals surface area (Å²) in [5, 5.41) is 4.14. The molecular weight excluding hydrogens is 473 g/mol. The lowest BCUT2D eigenvalue weighted by atomic mass is 10.1. The molecule has 5 rings (SSSR count). The van der Waals surface area contributed by atoms with Crippen LogP contribution >= 0.6 is 23.1 Å². The van der Waals surface area contributed by atoms with E-state index in [2.05, 4.69) is 50.8 Å². The van der Waals surface area contributed by atoms with Crippen LogP contribution in [0.3, 0.4) is 0 Å². The maximum Gasteiger partial charge on any atom is 0.240 e. The zero-order chi connectivity index (χ0) is 23.9. The zero-order valence-corrected chi connectivity index (χ0v) is 20.9. The van der Waals surface area contributed by atoms with Gasteiger partial charge in [0.25, 0.3) is 0 Å². The first-order valence-corrected chi connectivity index (χ1v) is 12.7. The first-order valence-electron chi connectivity index (χ1n) is 11.1. The number of carbonyl (C=O) groups excluding carboxylic acids is 1. The number of anilines is 1. The largest absolute Gasteiger partial charge is 0.301 e. The van der Waals surface area contributed by atoms with Crippen LogP contribution in [0, 0.1) is 5.82 Å². The number of hydrogen-bond donors (Lipinski definition) is 1. The molecule has 34 heavy (non-hydrogen) atoms. The monoisotopic (exact) mass is 499 g/mol. The molecule has 1 N–H and O–H groups in total. The minimum absolute atomic E-state index is 0.100. The Bertz CT molecular complexity index is 1340. The molecule has 1 aliphatic heterocycles. The maximum atomic E-state index is 14.8. The van der Waals surface area contributed by atoms with Crippen LogP contribution in [0.1, 0.15) is 20.8 Å². The first-order chi connectivity index (χ1) is 16.3. The summed E-state index contributed by atoms with van der Waals surface area (Å²) < 4.78 is 17.4. The molecular formula is C23H26FN7OS2. The Balaban J connectivity index is 1.25. The summed E-state index contributed by atoms with van der Waals surface area (Å²) in [5.41, 5.74) is 0.671. The lowest BCUT2D eigenvalue weighted by Gasteiger charge is -2.42. The minimum Gasteiger partial charge on any atom is -0.301 e. The van der Waals surface area contributed by atoms with Crippen LogP contribution in [0.5, 0.6) is 0 Å². The van der Waals surface area contributed by atoms with E-state index in [0.717, 1.165) is 35.9 Å². The molecule has 1 saturated heterocycles. The van der Waals surface area contributed by atoms with Crippen LogP contribution in [0.2, 0.25) is 0 Å². The van der Waals surface area contributed by atoms with E-state index < -0.39 is 0 Å². The van der Waals surface area contributed by atoms with Crippen LogP contribution in [-0.2, 0) is 4.79 Å². The third-order valence-corrected chi connectivity index (χ3v) is 7.82. The Kier molecular flexibility index (Phi) is 6.28. The molecule has 0 spiro atoms. The van der Waals surface area contributed by atoms with Gasteiger partial charge in [0.2, 0.25) is 11.7 Å². The van der Waals surface area contributed by atoms with Crippen LogP contribution < -0.4 is 5.32 Å². The number of nitrogens with one attached hydrogen (secondary N) is 1. The molecule has 4 heterocycles. The second kappa shape index (κ2) is 9.21. The molecule has 1 aromatic carbocycles. The van der Waals surface area contributed by atoms with Crippen molar-refractivity contribution in [3.63, 3.8) is 0 Å². The van der Waals surface area contributed by atoms with E-state index in [0.29, 0.717) is 27.9 Å². The topological polar surface area (TPSA) is 78.7 Å². The van der Waals surface area contributed by atoms with Crippen LogP contribution in [0.25, 0.3) is 16.0 Å². The Morgan fingerprint density at radius 1 is 1.21 bits per heavy atom. The number of carbonyl (C=O) groups is 1. The summed E-state index contributed by atoms with van der Waals surface area (Å²) in [7, 11) is 0. The van der Waals surface area contributed by atoms with E-state index in [1.807, 2.05) is 10.6 Å². The van der Waals surface area contributed by atoms with E-state index in [1.54, 1.807) is 24.5 Å². The van der Waals surface area contributed by atoms with Crippen molar-refractivity contribution in [1.82, 2.24) is 29.2 Å². The second-order valence-corrected chi connectivity index (χ2v) is 11.3. The molecule has 4 aromatic rings. The zero-order valence-electron chi connectivity index (χ0n) is 19.3. The molecule has 11 heteroatoms. The molecule has 1 amide bonds.